The molecule has 4 rings (SSSR count). The molecule has 1 fully saturated rings. The number of nitrogens with two attached hydrogens (primary N) is 1. The molecule has 162 valence electrons. The second kappa shape index (κ2) is 8.49. The minimum absolute atomic E-state index is 0.161. The fourth-order valence-electron chi connectivity index (χ4n) is 3.33. The van der Waals surface area contributed by atoms with Gasteiger partial charge < -0.3 is 10.6 Å². The summed E-state index contributed by atoms with van der Waals surface area (Å²) < 4.78 is 26.4. The van der Waals surface area contributed by atoms with Gasteiger partial charge in [-0.25, -0.2) is 23.1 Å². The first-order valence-corrected chi connectivity index (χ1v) is 11.5. The van der Waals surface area contributed by atoms with Crippen LogP contribution < -0.4 is 5.73 Å². The third kappa shape index (κ3) is 4.60. The van der Waals surface area contributed by atoms with E-state index < -0.39 is 10.0 Å². The van der Waals surface area contributed by atoms with Crippen molar-refractivity contribution in [3.8, 4) is 17.1 Å². The first-order chi connectivity index (χ1) is 14.8. The first kappa shape index (κ1) is 21.0. The molecule has 1 aliphatic heterocycles. The number of benzene rings is 1. The number of hydrogen-bond acceptors (Lipinski definition) is 8. The SMILES string of the molecule is CS(=O)(=O)N1CCN(C(=O)c2cc(CN)nc(-c3ccc(-n4ccnn4)cc3)n2)CC1. The maximum atomic E-state index is 13.0. The van der Waals surface area contributed by atoms with E-state index in [4.69, 9.17) is 5.73 Å². The maximum absolute atomic E-state index is 13.0. The number of sulfonamides is 1. The Kier molecular flexibility index (Phi) is 5.76. The molecule has 1 aliphatic rings. The Morgan fingerprint density at radius 1 is 1.10 bits per heavy atom. The van der Waals surface area contributed by atoms with Crippen molar-refractivity contribution in [2.75, 3.05) is 32.4 Å². The summed E-state index contributed by atoms with van der Waals surface area (Å²) in [5.41, 5.74) is 8.13. The minimum Gasteiger partial charge on any atom is -0.335 e. The van der Waals surface area contributed by atoms with E-state index in [1.54, 1.807) is 28.0 Å². The number of rotatable bonds is 5. The van der Waals surface area contributed by atoms with Gasteiger partial charge in [0, 0.05) is 38.3 Å². The molecular weight excluding hydrogens is 420 g/mol. The predicted molar refractivity (Wildman–Crippen MR) is 113 cm³/mol. The number of piperazine rings is 1. The maximum Gasteiger partial charge on any atom is 0.272 e. The molecule has 0 bridgehead atoms. The molecule has 1 aromatic carbocycles. The fraction of sp³-hybridized carbons (Fsp3) is 0.316. The zero-order chi connectivity index (χ0) is 22.0. The van der Waals surface area contributed by atoms with Crippen LogP contribution >= 0.6 is 0 Å². The summed E-state index contributed by atoms with van der Waals surface area (Å²) in [6.45, 7) is 1.28. The molecule has 2 aromatic heterocycles. The third-order valence-electron chi connectivity index (χ3n) is 5.01. The molecule has 11 nitrogen and oxygen atoms in total. The lowest BCUT2D eigenvalue weighted by atomic mass is 10.1. The summed E-state index contributed by atoms with van der Waals surface area (Å²) in [4.78, 5) is 23.5. The highest BCUT2D eigenvalue weighted by atomic mass is 32.2. The number of aromatic nitrogens is 5. The standard InChI is InChI=1S/C19H22N8O3S/c1-31(29,30)26-10-8-25(9-11-26)19(28)17-12-15(13-20)22-18(23-17)14-2-4-16(5-3-14)27-7-6-21-24-27/h2-7,12H,8-11,13,20H2,1H3. The molecule has 2 N–H and O–H groups in total. The quantitative estimate of drug-likeness (QED) is 0.578. The smallest absolute Gasteiger partial charge is 0.272 e. The minimum atomic E-state index is -3.27. The van der Waals surface area contributed by atoms with Crippen molar-refractivity contribution in [2.45, 2.75) is 6.54 Å². The molecule has 0 radical (unpaired) electrons. The summed E-state index contributed by atoms with van der Waals surface area (Å²) in [5.74, 6) is 0.122. The van der Waals surface area contributed by atoms with Crippen molar-refractivity contribution in [1.29, 1.82) is 0 Å². The van der Waals surface area contributed by atoms with Gasteiger partial charge in [-0.05, 0) is 30.3 Å². The highest BCUT2D eigenvalue weighted by Gasteiger charge is 2.27. The Morgan fingerprint density at radius 3 is 2.39 bits per heavy atom. The van der Waals surface area contributed by atoms with E-state index in [0.29, 0.717) is 24.6 Å². The van der Waals surface area contributed by atoms with Gasteiger partial charge in [-0.15, -0.1) is 5.10 Å². The van der Waals surface area contributed by atoms with Gasteiger partial charge in [0.05, 0.1) is 30.0 Å². The van der Waals surface area contributed by atoms with Gasteiger partial charge in [0.2, 0.25) is 10.0 Å². The normalized spacial score (nSPS) is 15.2. The largest absolute Gasteiger partial charge is 0.335 e. The molecule has 0 atom stereocenters. The lowest BCUT2D eigenvalue weighted by Crippen LogP contribution is -2.50. The molecule has 0 saturated carbocycles. The number of hydrogen-bond donors (Lipinski definition) is 1. The van der Waals surface area contributed by atoms with Crippen molar-refractivity contribution in [3.63, 3.8) is 0 Å². The Morgan fingerprint density at radius 2 is 1.81 bits per heavy atom. The number of carbonyl (C=O) groups is 1. The van der Waals surface area contributed by atoms with Crippen LogP contribution in [0.4, 0.5) is 0 Å². The van der Waals surface area contributed by atoms with Gasteiger partial charge in [-0.1, -0.05) is 5.21 Å². The number of nitrogens with zero attached hydrogens (tertiary/aromatic N) is 7. The van der Waals surface area contributed by atoms with Crippen LogP contribution in [-0.4, -0.2) is 80.9 Å². The van der Waals surface area contributed by atoms with Crippen molar-refractivity contribution >= 4 is 15.9 Å². The molecule has 0 aliphatic carbocycles. The van der Waals surface area contributed by atoms with Crippen LogP contribution in [-0.2, 0) is 16.6 Å². The van der Waals surface area contributed by atoms with Gasteiger partial charge in [0.1, 0.15) is 5.69 Å². The van der Waals surface area contributed by atoms with E-state index >= 15 is 0 Å². The summed E-state index contributed by atoms with van der Waals surface area (Å²) in [7, 11) is -3.27. The van der Waals surface area contributed by atoms with E-state index in [0.717, 1.165) is 11.3 Å². The van der Waals surface area contributed by atoms with Crippen molar-refractivity contribution < 1.29 is 13.2 Å². The Hall–Kier alpha value is -3.22. The first-order valence-electron chi connectivity index (χ1n) is 9.65. The molecule has 3 heterocycles. The van der Waals surface area contributed by atoms with Crippen LogP contribution in [0.1, 0.15) is 16.2 Å². The fourth-order valence-corrected chi connectivity index (χ4v) is 4.16. The zero-order valence-electron chi connectivity index (χ0n) is 16.9. The molecule has 1 saturated heterocycles. The van der Waals surface area contributed by atoms with Gasteiger partial charge in [-0.3, -0.25) is 4.79 Å². The lowest BCUT2D eigenvalue weighted by Gasteiger charge is -2.33. The molecule has 0 unspecified atom stereocenters. The van der Waals surface area contributed by atoms with Crippen molar-refractivity contribution in [2.24, 2.45) is 5.73 Å². The highest BCUT2D eigenvalue weighted by Crippen LogP contribution is 2.19. The zero-order valence-corrected chi connectivity index (χ0v) is 17.7. The van der Waals surface area contributed by atoms with E-state index in [9.17, 15) is 13.2 Å². The van der Waals surface area contributed by atoms with E-state index in [2.05, 4.69) is 20.3 Å². The van der Waals surface area contributed by atoms with Crippen molar-refractivity contribution in [3.05, 3.63) is 54.1 Å². The molecular formula is C19H22N8O3S. The van der Waals surface area contributed by atoms with Crippen LogP contribution in [0.15, 0.2) is 42.7 Å². The molecule has 0 spiro atoms. The second-order valence-electron chi connectivity index (χ2n) is 7.12. The summed E-state index contributed by atoms with van der Waals surface area (Å²) in [6, 6.07) is 8.97. The third-order valence-corrected chi connectivity index (χ3v) is 6.32. The van der Waals surface area contributed by atoms with Crippen LogP contribution in [0.3, 0.4) is 0 Å². The number of carbonyl (C=O) groups excluding carboxylic acids is 1. The van der Waals surface area contributed by atoms with Gasteiger partial charge in [0.15, 0.2) is 5.82 Å². The van der Waals surface area contributed by atoms with Gasteiger partial charge in [-0.2, -0.15) is 4.31 Å². The van der Waals surface area contributed by atoms with Gasteiger partial charge in [0.25, 0.3) is 5.91 Å². The molecule has 12 heteroatoms. The Balaban J connectivity index is 1.57. The van der Waals surface area contributed by atoms with Crippen molar-refractivity contribution in [1.82, 2.24) is 34.2 Å². The van der Waals surface area contributed by atoms with Gasteiger partial charge >= 0.3 is 0 Å². The van der Waals surface area contributed by atoms with E-state index in [1.807, 2.05) is 24.3 Å². The topological polar surface area (TPSA) is 140 Å². The van der Waals surface area contributed by atoms with Crippen LogP contribution in [0, 0.1) is 0 Å². The van der Waals surface area contributed by atoms with Crippen LogP contribution in [0.2, 0.25) is 0 Å². The Labute approximate surface area is 179 Å². The lowest BCUT2D eigenvalue weighted by molar-refractivity contribution is 0.0692. The highest BCUT2D eigenvalue weighted by molar-refractivity contribution is 7.88. The summed E-state index contributed by atoms with van der Waals surface area (Å²) >= 11 is 0. The Bertz CT molecular complexity index is 1170. The van der Waals surface area contributed by atoms with Crippen LogP contribution in [0.5, 0.6) is 0 Å². The predicted octanol–water partition coefficient (Wildman–Crippen LogP) is -0.0996. The monoisotopic (exact) mass is 442 g/mol. The average Bonchev–Trinajstić information content (AvgIpc) is 3.33. The number of amides is 1. The second-order valence-corrected chi connectivity index (χ2v) is 9.10. The molecule has 3 aromatic rings. The summed E-state index contributed by atoms with van der Waals surface area (Å²) in [6.07, 6.45) is 4.50. The van der Waals surface area contributed by atoms with Crippen LogP contribution in [0.25, 0.3) is 17.1 Å². The van der Waals surface area contributed by atoms with E-state index in [-0.39, 0.29) is 31.2 Å². The average molecular weight is 443 g/mol. The summed E-state index contributed by atoms with van der Waals surface area (Å²) in [5, 5.41) is 7.74. The molecule has 31 heavy (non-hydrogen) atoms. The van der Waals surface area contributed by atoms with E-state index in [1.165, 1.54) is 10.6 Å². The molecule has 1 amide bonds.